The molecule has 0 spiro atoms. The van der Waals surface area contributed by atoms with Gasteiger partial charge >= 0.3 is 0 Å². The highest BCUT2D eigenvalue weighted by molar-refractivity contribution is 5.44. The first-order valence-electron chi connectivity index (χ1n) is 7.08. The summed E-state index contributed by atoms with van der Waals surface area (Å²) < 4.78 is 5.94. The number of aryl methyl sites for hydroxylation is 2. The molecule has 0 atom stereocenters. The normalized spacial score (nSPS) is 10.3. The lowest BCUT2D eigenvalue weighted by Gasteiger charge is -2.13. The van der Waals surface area contributed by atoms with Crippen molar-refractivity contribution in [3.05, 3.63) is 53.2 Å². The van der Waals surface area contributed by atoms with Gasteiger partial charge in [-0.05, 0) is 43.5 Å². The van der Waals surface area contributed by atoms with E-state index in [1.165, 1.54) is 5.56 Å². The smallest absolute Gasteiger partial charge is 0.132 e. The Morgan fingerprint density at radius 1 is 1.20 bits per heavy atom. The zero-order chi connectivity index (χ0) is 14.4. The minimum atomic E-state index is 0.532. The van der Waals surface area contributed by atoms with Gasteiger partial charge in [0.05, 0.1) is 0 Å². The van der Waals surface area contributed by atoms with Gasteiger partial charge in [-0.25, -0.2) is 4.98 Å². The van der Waals surface area contributed by atoms with E-state index in [1.54, 1.807) is 6.20 Å². The Morgan fingerprint density at radius 2 is 2.05 bits per heavy atom. The van der Waals surface area contributed by atoms with Gasteiger partial charge in [-0.15, -0.1) is 0 Å². The number of hydrogen-bond acceptors (Lipinski definition) is 3. The van der Waals surface area contributed by atoms with Crippen molar-refractivity contribution in [2.75, 3.05) is 11.9 Å². The topological polar surface area (TPSA) is 34.2 Å². The van der Waals surface area contributed by atoms with Gasteiger partial charge in [0, 0.05) is 18.3 Å². The first kappa shape index (κ1) is 14.4. The van der Waals surface area contributed by atoms with E-state index in [0.29, 0.717) is 6.61 Å². The van der Waals surface area contributed by atoms with Crippen LogP contribution >= 0.6 is 0 Å². The zero-order valence-electron chi connectivity index (χ0n) is 12.4. The van der Waals surface area contributed by atoms with Crippen molar-refractivity contribution in [1.29, 1.82) is 0 Å². The molecule has 1 heterocycles. The van der Waals surface area contributed by atoms with Crippen molar-refractivity contribution in [3.63, 3.8) is 0 Å². The van der Waals surface area contributed by atoms with Crippen LogP contribution < -0.4 is 10.1 Å². The van der Waals surface area contributed by atoms with E-state index in [2.05, 4.69) is 55.3 Å². The maximum atomic E-state index is 5.94. The third-order valence-corrected chi connectivity index (χ3v) is 3.16. The average Bonchev–Trinajstić information content (AvgIpc) is 2.47. The molecule has 1 aromatic heterocycles. The fourth-order valence-corrected chi connectivity index (χ4v) is 1.98. The van der Waals surface area contributed by atoms with Crippen LogP contribution in [0.25, 0.3) is 0 Å². The lowest BCUT2D eigenvalue weighted by molar-refractivity contribution is 0.304. The first-order valence-corrected chi connectivity index (χ1v) is 7.08. The van der Waals surface area contributed by atoms with Crippen LogP contribution in [0, 0.1) is 13.8 Å². The summed E-state index contributed by atoms with van der Waals surface area (Å²) in [5.74, 6) is 1.86. The van der Waals surface area contributed by atoms with Crippen LogP contribution in [0.5, 0.6) is 5.75 Å². The van der Waals surface area contributed by atoms with Crippen molar-refractivity contribution in [3.8, 4) is 5.75 Å². The predicted molar refractivity (Wildman–Crippen MR) is 83.3 cm³/mol. The minimum absolute atomic E-state index is 0.532. The van der Waals surface area contributed by atoms with Gasteiger partial charge in [-0.2, -0.15) is 0 Å². The van der Waals surface area contributed by atoms with Crippen LogP contribution in [-0.2, 0) is 6.61 Å². The summed E-state index contributed by atoms with van der Waals surface area (Å²) in [5.41, 5.74) is 3.45. The molecular formula is C17H22N2O. The third kappa shape index (κ3) is 3.73. The number of benzene rings is 1. The third-order valence-electron chi connectivity index (χ3n) is 3.16. The van der Waals surface area contributed by atoms with Gasteiger partial charge in [-0.1, -0.05) is 25.1 Å². The van der Waals surface area contributed by atoms with Crippen LogP contribution in [0.3, 0.4) is 0 Å². The van der Waals surface area contributed by atoms with Crippen molar-refractivity contribution in [1.82, 2.24) is 4.98 Å². The molecule has 0 unspecified atom stereocenters. The SMILES string of the molecule is CCCNc1ncccc1COc1cc(C)ccc1C. The van der Waals surface area contributed by atoms with E-state index in [-0.39, 0.29) is 0 Å². The van der Waals surface area contributed by atoms with Gasteiger partial charge in [0.2, 0.25) is 0 Å². The summed E-state index contributed by atoms with van der Waals surface area (Å²) in [4.78, 5) is 4.38. The summed E-state index contributed by atoms with van der Waals surface area (Å²) in [5, 5.41) is 3.33. The summed E-state index contributed by atoms with van der Waals surface area (Å²) in [7, 11) is 0. The van der Waals surface area contributed by atoms with Gasteiger partial charge in [-0.3, -0.25) is 0 Å². The molecule has 0 radical (unpaired) electrons. The van der Waals surface area contributed by atoms with E-state index >= 15 is 0 Å². The predicted octanol–water partition coefficient (Wildman–Crippen LogP) is 4.10. The molecule has 0 amide bonds. The minimum Gasteiger partial charge on any atom is -0.488 e. The molecule has 0 saturated heterocycles. The Labute approximate surface area is 121 Å². The Hall–Kier alpha value is -2.03. The lowest BCUT2D eigenvalue weighted by atomic mass is 10.1. The van der Waals surface area contributed by atoms with Crippen LogP contribution in [0.1, 0.15) is 30.0 Å². The van der Waals surface area contributed by atoms with E-state index in [1.807, 2.05) is 6.07 Å². The molecule has 0 aliphatic heterocycles. The van der Waals surface area contributed by atoms with Gasteiger partial charge in [0.15, 0.2) is 0 Å². The van der Waals surface area contributed by atoms with E-state index < -0.39 is 0 Å². The fraction of sp³-hybridized carbons (Fsp3) is 0.353. The van der Waals surface area contributed by atoms with Gasteiger partial charge < -0.3 is 10.1 Å². The molecule has 2 aromatic rings. The molecule has 0 aliphatic carbocycles. The first-order chi connectivity index (χ1) is 9.70. The monoisotopic (exact) mass is 270 g/mol. The van der Waals surface area contributed by atoms with Gasteiger partial charge in [0.1, 0.15) is 18.2 Å². The molecule has 1 N–H and O–H groups in total. The maximum absolute atomic E-state index is 5.94. The summed E-state index contributed by atoms with van der Waals surface area (Å²) in [6.45, 7) is 7.73. The van der Waals surface area contributed by atoms with Crippen LogP contribution in [-0.4, -0.2) is 11.5 Å². The molecular weight excluding hydrogens is 248 g/mol. The number of hydrogen-bond donors (Lipinski definition) is 1. The largest absolute Gasteiger partial charge is 0.488 e. The highest BCUT2D eigenvalue weighted by Gasteiger charge is 2.05. The second kappa shape index (κ2) is 6.94. The summed E-state index contributed by atoms with van der Waals surface area (Å²) >= 11 is 0. The average molecular weight is 270 g/mol. The summed E-state index contributed by atoms with van der Waals surface area (Å²) in [6, 6.07) is 10.3. The Morgan fingerprint density at radius 3 is 2.85 bits per heavy atom. The molecule has 3 heteroatoms. The van der Waals surface area contributed by atoms with E-state index in [4.69, 9.17) is 4.74 Å². The molecule has 0 aliphatic rings. The second-order valence-corrected chi connectivity index (χ2v) is 5.00. The van der Waals surface area contributed by atoms with Crippen molar-refractivity contribution < 1.29 is 4.74 Å². The molecule has 106 valence electrons. The number of pyridine rings is 1. The molecule has 1 aromatic carbocycles. The fourth-order valence-electron chi connectivity index (χ4n) is 1.98. The van der Waals surface area contributed by atoms with Crippen LogP contribution in [0.4, 0.5) is 5.82 Å². The Balaban J connectivity index is 2.08. The maximum Gasteiger partial charge on any atom is 0.132 e. The number of nitrogens with one attached hydrogen (secondary N) is 1. The molecule has 20 heavy (non-hydrogen) atoms. The van der Waals surface area contributed by atoms with Crippen LogP contribution in [0.2, 0.25) is 0 Å². The Kier molecular flexibility index (Phi) is 4.99. The zero-order valence-corrected chi connectivity index (χ0v) is 12.4. The standard InChI is InChI=1S/C17H22N2O/c1-4-9-18-17-15(6-5-10-19-17)12-20-16-11-13(2)7-8-14(16)3/h5-8,10-11H,4,9,12H2,1-3H3,(H,18,19). The molecule has 0 saturated carbocycles. The molecule has 3 nitrogen and oxygen atoms in total. The number of ether oxygens (including phenoxy) is 1. The molecule has 0 bridgehead atoms. The molecule has 2 rings (SSSR count). The number of anilines is 1. The van der Waals surface area contributed by atoms with E-state index in [0.717, 1.165) is 35.7 Å². The summed E-state index contributed by atoms with van der Waals surface area (Å²) in [6.07, 6.45) is 2.88. The highest BCUT2D eigenvalue weighted by Crippen LogP contribution is 2.21. The van der Waals surface area contributed by atoms with E-state index in [9.17, 15) is 0 Å². The van der Waals surface area contributed by atoms with Crippen LogP contribution in [0.15, 0.2) is 36.5 Å². The number of rotatable bonds is 6. The second-order valence-electron chi connectivity index (χ2n) is 5.00. The number of nitrogens with zero attached hydrogens (tertiary/aromatic N) is 1. The van der Waals surface area contributed by atoms with Crippen molar-refractivity contribution in [2.45, 2.75) is 33.8 Å². The van der Waals surface area contributed by atoms with Crippen molar-refractivity contribution in [2.24, 2.45) is 0 Å². The highest BCUT2D eigenvalue weighted by atomic mass is 16.5. The Bertz CT molecular complexity index is 567. The molecule has 0 fully saturated rings. The van der Waals surface area contributed by atoms with Gasteiger partial charge in [0.25, 0.3) is 0 Å². The lowest BCUT2D eigenvalue weighted by Crippen LogP contribution is -2.07. The number of aromatic nitrogens is 1. The quantitative estimate of drug-likeness (QED) is 0.858. The van der Waals surface area contributed by atoms with Crippen molar-refractivity contribution >= 4 is 5.82 Å².